The lowest BCUT2D eigenvalue weighted by Crippen LogP contribution is -2.44. The van der Waals surface area contributed by atoms with E-state index in [1.807, 2.05) is 0 Å². The summed E-state index contributed by atoms with van der Waals surface area (Å²) in [7, 11) is 0. The first-order valence-corrected chi connectivity index (χ1v) is 6.35. The van der Waals surface area contributed by atoms with Crippen molar-refractivity contribution in [1.82, 2.24) is 0 Å². The lowest BCUT2D eigenvalue weighted by molar-refractivity contribution is 0.269. The molecule has 92 valence electrons. The third kappa shape index (κ3) is 2.41. The summed E-state index contributed by atoms with van der Waals surface area (Å²) in [6.07, 6.45) is 4.60. The lowest BCUT2D eigenvalue weighted by atomic mass is 9.74. The summed E-state index contributed by atoms with van der Waals surface area (Å²) in [5.41, 5.74) is 7.22. The minimum absolute atomic E-state index is 0.150. The molecule has 1 saturated carbocycles. The Hall–Kier alpha value is -1.16. The van der Waals surface area contributed by atoms with Gasteiger partial charge in [-0.3, -0.25) is 0 Å². The maximum Gasteiger partial charge on any atom is 0.124 e. The maximum absolute atomic E-state index is 13.2. The highest BCUT2D eigenvalue weighted by Gasteiger charge is 2.35. The number of hydrogen-bond acceptors (Lipinski definition) is 2. The summed E-state index contributed by atoms with van der Waals surface area (Å²) in [5, 5.41) is 3.48. The number of thiocarbonyl (C=S) groups is 1. The fraction of sp³-hybridized carbons (Fsp3) is 0.462. The van der Waals surface area contributed by atoms with E-state index in [4.69, 9.17) is 18.0 Å². The molecule has 1 aromatic rings. The second kappa shape index (κ2) is 4.61. The molecule has 17 heavy (non-hydrogen) atoms. The highest BCUT2D eigenvalue weighted by Crippen LogP contribution is 2.38. The molecule has 2 rings (SSSR count). The second-order valence-electron chi connectivity index (χ2n) is 4.67. The molecule has 0 amide bonds. The zero-order valence-electron chi connectivity index (χ0n) is 9.92. The van der Waals surface area contributed by atoms with Crippen LogP contribution in [0.25, 0.3) is 0 Å². The van der Waals surface area contributed by atoms with Crippen molar-refractivity contribution in [1.29, 1.82) is 0 Å². The normalized spacial score (nSPS) is 17.3. The Balaban J connectivity index is 2.29. The van der Waals surface area contributed by atoms with E-state index >= 15 is 0 Å². The second-order valence-corrected chi connectivity index (χ2v) is 5.11. The number of hydrogen-bond donors (Lipinski definition) is 2. The van der Waals surface area contributed by atoms with Crippen LogP contribution in [0.2, 0.25) is 0 Å². The van der Waals surface area contributed by atoms with Gasteiger partial charge in [-0.15, -0.1) is 0 Å². The minimum atomic E-state index is -0.308. The number of halogens is 1. The van der Waals surface area contributed by atoms with Crippen molar-refractivity contribution in [3.05, 3.63) is 29.6 Å². The van der Waals surface area contributed by atoms with E-state index < -0.39 is 0 Å². The van der Waals surface area contributed by atoms with Gasteiger partial charge in [-0.2, -0.15) is 0 Å². The largest absolute Gasteiger partial charge is 0.389 e. The van der Waals surface area contributed by atoms with Gasteiger partial charge in [-0.25, -0.2) is 4.39 Å². The predicted octanol–water partition coefficient (Wildman–Crippen LogP) is 3.20. The standard InChI is InChI=1S/C13H17FN2S/c1-2-13(6-3-7-13)16-11-5-4-9(14)8-10(11)12(15)17/h4-5,8,16H,2-3,6-7H2,1H3,(H2,15,17). The van der Waals surface area contributed by atoms with Crippen LogP contribution in [0.3, 0.4) is 0 Å². The molecule has 3 N–H and O–H groups in total. The molecule has 0 spiro atoms. The van der Waals surface area contributed by atoms with Crippen molar-refractivity contribution < 1.29 is 4.39 Å². The van der Waals surface area contributed by atoms with Gasteiger partial charge in [0.15, 0.2) is 0 Å². The number of anilines is 1. The van der Waals surface area contributed by atoms with Crippen molar-refractivity contribution in [3.8, 4) is 0 Å². The SMILES string of the molecule is CCC1(Nc2ccc(F)cc2C(N)=S)CCC1. The van der Waals surface area contributed by atoms with Gasteiger partial charge >= 0.3 is 0 Å². The molecule has 0 atom stereocenters. The van der Waals surface area contributed by atoms with E-state index in [0.717, 1.165) is 24.9 Å². The topological polar surface area (TPSA) is 38.0 Å². The Labute approximate surface area is 106 Å². The van der Waals surface area contributed by atoms with E-state index in [9.17, 15) is 4.39 Å². The van der Waals surface area contributed by atoms with Gasteiger partial charge in [-0.05, 0) is 43.9 Å². The van der Waals surface area contributed by atoms with E-state index in [0.29, 0.717) is 5.56 Å². The molecule has 0 radical (unpaired) electrons. The van der Waals surface area contributed by atoms with Crippen LogP contribution in [-0.4, -0.2) is 10.5 Å². The summed E-state index contributed by atoms with van der Waals surface area (Å²) >= 11 is 4.96. The summed E-state index contributed by atoms with van der Waals surface area (Å²) in [6, 6.07) is 4.55. The first-order valence-electron chi connectivity index (χ1n) is 5.94. The van der Waals surface area contributed by atoms with Crippen LogP contribution in [0.4, 0.5) is 10.1 Å². The van der Waals surface area contributed by atoms with Gasteiger partial charge < -0.3 is 11.1 Å². The van der Waals surface area contributed by atoms with E-state index in [-0.39, 0.29) is 16.3 Å². The van der Waals surface area contributed by atoms with E-state index in [2.05, 4.69) is 12.2 Å². The van der Waals surface area contributed by atoms with E-state index in [1.165, 1.54) is 18.6 Å². The van der Waals surface area contributed by atoms with Crippen LogP contribution in [-0.2, 0) is 0 Å². The molecule has 4 heteroatoms. The summed E-state index contributed by atoms with van der Waals surface area (Å²) < 4.78 is 13.2. The van der Waals surface area contributed by atoms with E-state index in [1.54, 1.807) is 6.07 Å². The fourth-order valence-electron chi connectivity index (χ4n) is 2.29. The average molecular weight is 252 g/mol. The number of nitrogens with one attached hydrogen (secondary N) is 1. The number of rotatable bonds is 4. The molecule has 0 unspecified atom stereocenters. The first kappa shape index (κ1) is 12.3. The minimum Gasteiger partial charge on any atom is -0.389 e. The number of benzene rings is 1. The maximum atomic E-state index is 13.2. The molecule has 0 aliphatic heterocycles. The smallest absolute Gasteiger partial charge is 0.124 e. The van der Waals surface area contributed by atoms with Crippen molar-refractivity contribution in [2.24, 2.45) is 5.73 Å². The Bertz CT molecular complexity index is 436. The summed E-state index contributed by atoms with van der Waals surface area (Å²) in [4.78, 5) is 0.234. The molecular formula is C13H17FN2S. The Morgan fingerprint density at radius 3 is 2.71 bits per heavy atom. The zero-order valence-corrected chi connectivity index (χ0v) is 10.7. The van der Waals surface area contributed by atoms with Crippen molar-refractivity contribution in [2.45, 2.75) is 38.1 Å². The monoisotopic (exact) mass is 252 g/mol. The van der Waals surface area contributed by atoms with Crippen molar-refractivity contribution in [3.63, 3.8) is 0 Å². The first-order chi connectivity index (χ1) is 8.06. The molecule has 0 aromatic heterocycles. The molecule has 1 aromatic carbocycles. The van der Waals surface area contributed by atoms with Gasteiger partial charge in [0.1, 0.15) is 10.8 Å². The Morgan fingerprint density at radius 2 is 2.24 bits per heavy atom. The van der Waals surface area contributed by atoms with Gasteiger partial charge in [0.05, 0.1) is 0 Å². The third-order valence-corrected chi connectivity index (χ3v) is 3.85. The molecule has 1 fully saturated rings. The molecule has 0 saturated heterocycles. The third-order valence-electron chi connectivity index (χ3n) is 3.63. The van der Waals surface area contributed by atoms with Crippen LogP contribution in [0.15, 0.2) is 18.2 Å². The van der Waals surface area contributed by atoms with Gasteiger partial charge in [-0.1, -0.05) is 19.1 Å². The summed E-state index contributed by atoms with van der Waals surface area (Å²) in [5.74, 6) is -0.308. The lowest BCUT2D eigenvalue weighted by Gasteiger charge is -2.43. The van der Waals surface area contributed by atoms with Crippen molar-refractivity contribution >= 4 is 22.9 Å². The molecule has 0 heterocycles. The molecule has 2 nitrogen and oxygen atoms in total. The van der Waals surface area contributed by atoms with Crippen molar-refractivity contribution in [2.75, 3.05) is 5.32 Å². The highest BCUT2D eigenvalue weighted by atomic mass is 32.1. The van der Waals surface area contributed by atoms with Crippen LogP contribution >= 0.6 is 12.2 Å². The molecular weight excluding hydrogens is 235 g/mol. The summed E-state index contributed by atoms with van der Waals surface area (Å²) in [6.45, 7) is 2.16. The van der Waals surface area contributed by atoms with Gasteiger partial charge in [0.25, 0.3) is 0 Å². The zero-order chi connectivity index (χ0) is 12.5. The van der Waals surface area contributed by atoms with Gasteiger partial charge in [0, 0.05) is 16.8 Å². The van der Waals surface area contributed by atoms with Crippen LogP contribution in [0.5, 0.6) is 0 Å². The molecule has 1 aliphatic rings. The van der Waals surface area contributed by atoms with Crippen LogP contribution in [0.1, 0.15) is 38.2 Å². The quantitative estimate of drug-likeness (QED) is 0.808. The molecule has 1 aliphatic carbocycles. The van der Waals surface area contributed by atoms with Gasteiger partial charge in [0.2, 0.25) is 0 Å². The van der Waals surface area contributed by atoms with Crippen LogP contribution < -0.4 is 11.1 Å². The average Bonchev–Trinajstić information content (AvgIpc) is 2.25. The predicted molar refractivity (Wildman–Crippen MR) is 72.8 cm³/mol. The Kier molecular flexibility index (Phi) is 3.33. The fourth-order valence-corrected chi connectivity index (χ4v) is 2.45. The highest BCUT2D eigenvalue weighted by molar-refractivity contribution is 7.80. The Morgan fingerprint density at radius 1 is 1.53 bits per heavy atom. The number of nitrogens with two attached hydrogens (primary N) is 1. The van der Waals surface area contributed by atoms with Crippen LogP contribution in [0, 0.1) is 5.82 Å². The molecule has 0 bridgehead atoms.